The summed E-state index contributed by atoms with van der Waals surface area (Å²) >= 11 is 5.81. The summed E-state index contributed by atoms with van der Waals surface area (Å²) in [6, 6.07) is 1.39. The molecule has 1 fully saturated rings. The van der Waals surface area contributed by atoms with E-state index in [1.165, 1.54) is 6.07 Å². The molecule has 0 aromatic carbocycles. The van der Waals surface area contributed by atoms with E-state index in [0.717, 1.165) is 31.5 Å². The quantitative estimate of drug-likeness (QED) is 0.449. The van der Waals surface area contributed by atoms with Gasteiger partial charge in [-0.05, 0) is 25.7 Å². The fraction of sp³-hybridized carbons (Fsp3) is 0.500. The van der Waals surface area contributed by atoms with Gasteiger partial charge in [-0.15, -0.1) is 6.58 Å². The zero-order chi connectivity index (χ0) is 11.5. The Bertz CT molecular complexity index is 449. The highest BCUT2D eigenvalue weighted by molar-refractivity contribution is 6.29. The number of halogens is 1. The molecule has 0 radical (unpaired) electrons. The van der Waals surface area contributed by atoms with Crippen LogP contribution in [0.5, 0.6) is 0 Å². The molecule has 1 aliphatic carbocycles. The highest BCUT2D eigenvalue weighted by atomic mass is 35.5. The average molecular weight is 239 g/mol. The largest absolute Gasteiger partial charge is 0.296 e. The number of allylic oxidation sites excluding steroid dienone is 1. The Morgan fingerprint density at radius 1 is 1.62 bits per heavy atom. The maximum absolute atomic E-state index is 11.8. The molecule has 0 aliphatic heterocycles. The van der Waals surface area contributed by atoms with E-state index in [0.29, 0.717) is 17.6 Å². The fourth-order valence-corrected chi connectivity index (χ4v) is 1.95. The van der Waals surface area contributed by atoms with Crippen LogP contribution in [0.4, 0.5) is 0 Å². The summed E-state index contributed by atoms with van der Waals surface area (Å²) in [5, 5.41) is 0.312. The van der Waals surface area contributed by atoms with Crippen molar-refractivity contribution in [1.82, 2.24) is 9.55 Å². The van der Waals surface area contributed by atoms with Crippen molar-refractivity contribution in [2.24, 2.45) is 0 Å². The Labute approximate surface area is 99.8 Å². The number of nitrogens with zero attached hydrogens (tertiary/aromatic N) is 2. The molecule has 1 aromatic heterocycles. The molecule has 0 bridgehead atoms. The van der Waals surface area contributed by atoms with Crippen molar-refractivity contribution in [2.45, 2.75) is 38.1 Å². The summed E-state index contributed by atoms with van der Waals surface area (Å²) in [6.45, 7) is 4.38. The molecule has 1 aliphatic rings. The van der Waals surface area contributed by atoms with E-state index >= 15 is 0 Å². The van der Waals surface area contributed by atoms with Crippen molar-refractivity contribution in [3.8, 4) is 0 Å². The molecular weight excluding hydrogens is 224 g/mol. The van der Waals surface area contributed by atoms with E-state index in [1.54, 1.807) is 4.57 Å². The number of unbranched alkanes of at least 4 members (excludes halogenated alkanes) is 1. The van der Waals surface area contributed by atoms with Gasteiger partial charge >= 0.3 is 0 Å². The lowest BCUT2D eigenvalue weighted by Gasteiger charge is -2.10. The van der Waals surface area contributed by atoms with Gasteiger partial charge in [-0.25, -0.2) is 4.98 Å². The lowest BCUT2D eigenvalue weighted by atomic mass is 10.3. The highest BCUT2D eigenvalue weighted by Crippen LogP contribution is 2.38. The second-order valence-corrected chi connectivity index (χ2v) is 4.52. The lowest BCUT2D eigenvalue weighted by Crippen LogP contribution is -2.24. The standard InChI is InChI=1S/C12H15ClN2O/c1-2-3-4-7-15-11(16)8-10(13)14-12(15)9-5-6-9/h2,8-9H,1,3-7H2. The predicted octanol–water partition coefficient (Wildman–Crippen LogP) is 2.74. The number of rotatable bonds is 5. The van der Waals surface area contributed by atoms with Crippen LogP contribution in [0, 0.1) is 0 Å². The summed E-state index contributed by atoms with van der Waals surface area (Å²) in [4.78, 5) is 16.1. The third-order valence-electron chi connectivity index (χ3n) is 2.74. The molecule has 86 valence electrons. The second-order valence-electron chi connectivity index (χ2n) is 4.13. The maximum atomic E-state index is 11.8. The zero-order valence-corrected chi connectivity index (χ0v) is 9.91. The second kappa shape index (κ2) is 4.83. The molecule has 0 unspecified atom stereocenters. The minimum absolute atomic E-state index is 0.0361. The SMILES string of the molecule is C=CCCCn1c(C2CC2)nc(Cl)cc1=O. The molecule has 3 nitrogen and oxygen atoms in total. The van der Waals surface area contributed by atoms with Gasteiger partial charge in [0.15, 0.2) is 0 Å². The van der Waals surface area contributed by atoms with Gasteiger partial charge < -0.3 is 0 Å². The molecule has 1 aromatic rings. The summed E-state index contributed by atoms with van der Waals surface area (Å²) in [7, 11) is 0. The van der Waals surface area contributed by atoms with Gasteiger partial charge in [0.25, 0.3) is 5.56 Å². The molecular formula is C12H15ClN2O. The topological polar surface area (TPSA) is 34.9 Å². The van der Waals surface area contributed by atoms with Crippen LogP contribution in [0.2, 0.25) is 5.15 Å². The first kappa shape index (κ1) is 11.4. The predicted molar refractivity (Wildman–Crippen MR) is 64.9 cm³/mol. The molecule has 4 heteroatoms. The van der Waals surface area contributed by atoms with E-state index in [9.17, 15) is 4.79 Å². The van der Waals surface area contributed by atoms with Crippen LogP contribution >= 0.6 is 11.6 Å². The summed E-state index contributed by atoms with van der Waals surface area (Å²) < 4.78 is 1.76. The Morgan fingerprint density at radius 3 is 3.00 bits per heavy atom. The molecule has 2 rings (SSSR count). The average Bonchev–Trinajstić information content (AvgIpc) is 3.04. The van der Waals surface area contributed by atoms with Crippen LogP contribution in [0.15, 0.2) is 23.5 Å². The van der Waals surface area contributed by atoms with Crippen LogP contribution in [0.1, 0.15) is 37.4 Å². The Balaban J connectivity index is 2.26. The molecule has 0 amide bonds. The van der Waals surface area contributed by atoms with Crippen molar-refractivity contribution < 1.29 is 0 Å². The molecule has 1 heterocycles. The van der Waals surface area contributed by atoms with Crippen LogP contribution in [0.25, 0.3) is 0 Å². The third kappa shape index (κ3) is 2.53. The van der Waals surface area contributed by atoms with Crippen molar-refractivity contribution in [3.63, 3.8) is 0 Å². The van der Waals surface area contributed by atoms with Crippen molar-refractivity contribution in [3.05, 3.63) is 40.1 Å². The van der Waals surface area contributed by atoms with E-state index in [2.05, 4.69) is 11.6 Å². The summed E-state index contributed by atoms with van der Waals surface area (Å²) in [5.41, 5.74) is -0.0361. The Kier molecular flexibility index (Phi) is 3.44. The summed E-state index contributed by atoms with van der Waals surface area (Å²) in [5.74, 6) is 1.30. The normalized spacial score (nSPS) is 15.1. The van der Waals surface area contributed by atoms with Crippen LogP contribution in [-0.2, 0) is 6.54 Å². The van der Waals surface area contributed by atoms with E-state index in [-0.39, 0.29) is 5.56 Å². The maximum Gasteiger partial charge on any atom is 0.254 e. The number of aromatic nitrogens is 2. The molecule has 0 saturated heterocycles. The third-order valence-corrected chi connectivity index (χ3v) is 2.93. The van der Waals surface area contributed by atoms with Crippen LogP contribution in [0.3, 0.4) is 0 Å². The van der Waals surface area contributed by atoms with E-state index in [1.807, 2.05) is 6.08 Å². The minimum atomic E-state index is -0.0361. The van der Waals surface area contributed by atoms with E-state index < -0.39 is 0 Å². The van der Waals surface area contributed by atoms with Crippen molar-refractivity contribution in [2.75, 3.05) is 0 Å². The van der Waals surface area contributed by atoms with Crippen LogP contribution < -0.4 is 5.56 Å². The molecule has 0 spiro atoms. The smallest absolute Gasteiger partial charge is 0.254 e. The molecule has 0 N–H and O–H groups in total. The zero-order valence-electron chi connectivity index (χ0n) is 9.16. The Hall–Kier alpha value is -1.09. The molecule has 1 saturated carbocycles. The molecule has 16 heavy (non-hydrogen) atoms. The first-order valence-corrected chi connectivity index (χ1v) is 5.98. The fourth-order valence-electron chi connectivity index (χ4n) is 1.77. The van der Waals surface area contributed by atoms with Crippen molar-refractivity contribution in [1.29, 1.82) is 0 Å². The van der Waals surface area contributed by atoms with Gasteiger partial charge in [0, 0.05) is 18.5 Å². The van der Waals surface area contributed by atoms with Gasteiger partial charge in [-0.1, -0.05) is 17.7 Å². The van der Waals surface area contributed by atoms with Gasteiger partial charge in [0.1, 0.15) is 11.0 Å². The van der Waals surface area contributed by atoms with Gasteiger partial charge in [-0.3, -0.25) is 9.36 Å². The van der Waals surface area contributed by atoms with Gasteiger partial charge in [-0.2, -0.15) is 0 Å². The number of hydrogen-bond donors (Lipinski definition) is 0. The highest BCUT2D eigenvalue weighted by Gasteiger charge is 2.28. The van der Waals surface area contributed by atoms with E-state index in [4.69, 9.17) is 11.6 Å². The Morgan fingerprint density at radius 2 is 2.38 bits per heavy atom. The molecule has 0 atom stereocenters. The monoisotopic (exact) mass is 238 g/mol. The first-order valence-electron chi connectivity index (χ1n) is 5.60. The number of hydrogen-bond acceptors (Lipinski definition) is 2. The van der Waals surface area contributed by atoms with Gasteiger partial charge in [0.05, 0.1) is 0 Å². The van der Waals surface area contributed by atoms with Crippen molar-refractivity contribution >= 4 is 11.6 Å². The minimum Gasteiger partial charge on any atom is -0.296 e. The van der Waals surface area contributed by atoms with Gasteiger partial charge in [0.2, 0.25) is 0 Å². The summed E-state index contributed by atoms with van der Waals surface area (Å²) in [6.07, 6.45) is 5.94. The first-order chi connectivity index (χ1) is 7.72. The lowest BCUT2D eigenvalue weighted by molar-refractivity contribution is 0.582. The van der Waals surface area contributed by atoms with Crippen LogP contribution in [-0.4, -0.2) is 9.55 Å².